The molecule has 9 heteroatoms. The van der Waals surface area contributed by atoms with Crippen molar-refractivity contribution in [1.29, 1.82) is 0 Å². The molecule has 0 aliphatic carbocycles. The van der Waals surface area contributed by atoms with Crippen LogP contribution in [0.3, 0.4) is 0 Å². The van der Waals surface area contributed by atoms with Crippen molar-refractivity contribution in [2.45, 2.75) is 71.4 Å². The average molecular weight is 453 g/mol. The van der Waals surface area contributed by atoms with Gasteiger partial charge in [-0.05, 0) is 73.2 Å². The summed E-state index contributed by atoms with van der Waals surface area (Å²) in [6, 6.07) is 6.20. The van der Waals surface area contributed by atoms with E-state index in [1.807, 2.05) is 23.7 Å². The molecule has 2 aliphatic heterocycles. The van der Waals surface area contributed by atoms with E-state index in [-0.39, 0.29) is 17.8 Å². The maximum Gasteiger partial charge on any atom is 0.252 e. The Hall–Kier alpha value is -2.62. The van der Waals surface area contributed by atoms with Gasteiger partial charge in [-0.1, -0.05) is 6.07 Å². The van der Waals surface area contributed by atoms with Gasteiger partial charge >= 0.3 is 0 Å². The molecule has 33 heavy (non-hydrogen) atoms. The van der Waals surface area contributed by atoms with E-state index in [9.17, 15) is 4.79 Å². The van der Waals surface area contributed by atoms with E-state index in [0.29, 0.717) is 19.6 Å². The Morgan fingerprint density at radius 2 is 1.88 bits per heavy atom. The van der Waals surface area contributed by atoms with Crippen LogP contribution >= 0.6 is 0 Å². The molecular weight excluding hydrogens is 420 g/mol. The Morgan fingerprint density at radius 3 is 2.64 bits per heavy atom. The van der Waals surface area contributed by atoms with E-state index in [2.05, 4.69) is 38.4 Å². The van der Waals surface area contributed by atoms with Crippen molar-refractivity contribution in [3.63, 3.8) is 0 Å². The van der Waals surface area contributed by atoms with Crippen molar-refractivity contribution in [1.82, 2.24) is 30.1 Å². The Balaban J connectivity index is 1.40. The van der Waals surface area contributed by atoms with Crippen LogP contribution in [0.5, 0.6) is 0 Å². The van der Waals surface area contributed by atoms with Crippen LogP contribution in [0.15, 0.2) is 23.0 Å². The summed E-state index contributed by atoms with van der Waals surface area (Å²) in [5.74, 6) is 0.785. The molecule has 2 atom stereocenters. The molecular formula is C24H32N6O3. The summed E-state index contributed by atoms with van der Waals surface area (Å²) in [5, 5.41) is 13.5. The fourth-order valence-corrected chi connectivity index (χ4v) is 5.00. The molecule has 2 aliphatic rings. The second-order valence-corrected chi connectivity index (χ2v) is 9.38. The number of fused-ring (bicyclic) bond motifs is 1. The van der Waals surface area contributed by atoms with E-state index in [0.717, 1.165) is 78.9 Å². The van der Waals surface area contributed by atoms with E-state index in [1.54, 1.807) is 0 Å². The topological polar surface area (TPSA) is 98.2 Å². The van der Waals surface area contributed by atoms with Gasteiger partial charge < -0.3 is 14.5 Å². The quantitative estimate of drug-likeness (QED) is 0.561. The number of tetrazole rings is 1. The van der Waals surface area contributed by atoms with Gasteiger partial charge in [-0.15, -0.1) is 5.10 Å². The first-order valence-corrected chi connectivity index (χ1v) is 11.9. The maximum absolute atomic E-state index is 13.0. The molecule has 4 heterocycles. The second-order valence-electron chi connectivity index (χ2n) is 9.38. The van der Waals surface area contributed by atoms with Gasteiger partial charge in [0.25, 0.3) is 5.56 Å². The molecule has 2 aromatic heterocycles. The number of aromatic amines is 1. The van der Waals surface area contributed by atoms with E-state index >= 15 is 0 Å². The van der Waals surface area contributed by atoms with Crippen LogP contribution in [-0.4, -0.2) is 62.1 Å². The number of nitrogens with zero attached hydrogens (tertiary/aromatic N) is 5. The highest BCUT2D eigenvalue weighted by molar-refractivity contribution is 5.83. The number of aryl methyl sites for hydroxylation is 2. The minimum absolute atomic E-state index is 0.0520. The van der Waals surface area contributed by atoms with E-state index in [1.165, 1.54) is 0 Å². The summed E-state index contributed by atoms with van der Waals surface area (Å²) in [5.41, 5.74) is 3.87. The van der Waals surface area contributed by atoms with Gasteiger partial charge in [0.15, 0.2) is 5.82 Å². The molecule has 176 valence electrons. The fourth-order valence-electron chi connectivity index (χ4n) is 5.00. The molecule has 0 spiro atoms. The van der Waals surface area contributed by atoms with Gasteiger partial charge in [0.05, 0.1) is 25.3 Å². The van der Waals surface area contributed by atoms with Crippen molar-refractivity contribution in [3.8, 4) is 0 Å². The average Bonchev–Trinajstić information content (AvgIpc) is 3.54. The van der Waals surface area contributed by atoms with Crippen LogP contribution in [0.4, 0.5) is 0 Å². The Morgan fingerprint density at radius 1 is 1.09 bits per heavy atom. The third kappa shape index (κ3) is 5.15. The Bertz CT molecular complexity index is 1160. The molecule has 1 aromatic carbocycles. The lowest BCUT2D eigenvalue weighted by atomic mass is 10.0. The van der Waals surface area contributed by atoms with Crippen molar-refractivity contribution >= 4 is 10.9 Å². The monoisotopic (exact) mass is 452 g/mol. The Labute approximate surface area is 193 Å². The van der Waals surface area contributed by atoms with Crippen LogP contribution in [0, 0.1) is 13.8 Å². The molecule has 0 amide bonds. The number of pyridine rings is 1. The van der Waals surface area contributed by atoms with E-state index < -0.39 is 0 Å². The molecule has 1 N–H and O–H groups in total. The number of aromatic nitrogens is 5. The lowest BCUT2D eigenvalue weighted by molar-refractivity contribution is 0.0647. The summed E-state index contributed by atoms with van der Waals surface area (Å²) in [7, 11) is 0. The highest BCUT2D eigenvalue weighted by Crippen LogP contribution is 2.21. The summed E-state index contributed by atoms with van der Waals surface area (Å²) < 4.78 is 13.5. The van der Waals surface area contributed by atoms with E-state index in [4.69, 9.17) is 9.47 Å². The van der Waals surface area contributed by atoms with Gasteiger partial charge in [-0.3, -0.25) is 9.69 Å². The molecule has 0 bridgehead atoms. The zero-order valence-corrected chi connectivity index (χ0v) is 19.4. The zero-order valence-electron chi connectivity index (χ0n) is 19.4. The van der Waals surface area contributed by atoms with Crippen LogP contribution in [0.1, 0.15) is 48.2 Å². The first-order chi connectivity index (χ1) is 16.0. The molecule has 5 rings (SSSR count). The standard InChI is InChI=1S/C24H32N6O3/c1-16-9-17(2)21-11-18(24(31)25-22(21)10-16)12-29(13-19-5-3-7-32-19)15-23-26-27-28-30(23)14-20-6-4-8-33-20/h9-11,19-20H,3-8,12-15H2,1-2H3,(H,25,31)/t19-,20-/m0/s1. The predicted molar refractivity (Wildman–Crippen MR) is 124 cm³/mol. The smallest absolute Gasteiger partial charge is 0.252 e. The first kappa shape index (κ1) is 22.2. The van der Waals surface area contributed by atoms with Crippen molar-refractivity contribution in [2.24, 2.45) is 0 Å². The van der Waals surface area contributed by atoms with Crippen LogP contribution in [0.2, 0.25) is 0 Å². The molecule has 0 saturated carbocycles. The summed E-state index contributed by atoms with van der Waals surface area (Å²) in [6.07, 6.45) is 4.54. The van der Waals surface area contributed by atoms with Gasteiger partial charge in [-0.25, -0.2) is 4.68 Å². The van der Waals surface area contributed by atoms with Gasteiger partial charge in [0.2, 0.25) is 0 Å². The first-order valence-electron chi connectivity index (χ1n) is 11.9. The predicted octanol–water partition coefficient (Wildman–Crippen LogP) is 2.49. The number of hydrogen-bond acceptors (Lipinski definition) is 7. The SMILES string of the molecule is Cc1cc(C)c2cc(CN(Cc3nnnn3C[C@@H]3CCCO3)C[C@@H]3CCCO3)c(=O)[nH]c2c1. The number of hydrogen-bond donors (Lipinski definition) is 1. The molecule has 2 saturated heterocycles. The third-order valence-electron chi connectivity index (χ3n) is 6.64. The van der Waals surface area contributed by atoms with Crippen molar-refractivity contribution in [2.75, 3.05) is 19.8 Å². The van der Waals surface area contributed by atoms with Crippen molar-refractivity contribution in [3.05, 3.63) is 51.1 Å². The Kier molecular flexibility index (Phi) is 6.52. The molecule has 0 unspecified atom stereocenters. The highest BCUT2D eigenvalue weighted by atomic mass is 16.5. The van der Waals surface area contributed by atoms with Crippen LogP contribution < -0.4 is 5.56 Å². The lowest BCUT2D eigenvalue weighted by Gasteiger charge is -2.25. The number of ether oxygens (including phenoxy) is 2. The van der Waals surface area contributed by atoms with Crippen molar-refractivity contribution < 1.29 is 9.47 Å². The molecule has 0 radical (unpaired) electrons. The molecule has 3 aromatic rings. The van der Waals surface area contributed by atoms with Gasteiger partial charge in [0, 0.05) is 42.8 Å². The summed E-state index contributed by atoms with van der Waals surface area (Å²) >= 11 is 0. The number of H-pyrrole nitrogens is 1. The number of benzene rings is 1. The molecule has 2 fully saturated rings. The fraction of sp³-hybridized carbons (Fsp3) is 0.583. The lowest BCUT2D eigenvalue weighted by Crippen LogP contribution is -2.34. The second kappa shape index (κ2) is 9.70. The van der Waals surface area contributed by atoms with Crippen LogP contribution in [-0.2, 0) is 29.1 Å². The molecule has 9 nitrogen and oxygen atoms in total. The van der Waals surface area contributed by atoms with Crippen LogP contribution in [0.25, 0.3) is 10.9 Å². The van der Waals surface area contributed by atoms with Gasteiger partial charge in [0.1, 0.15) is 0 Å². The number of rotatable bonds is 8. The summed E-state index contributed by atoms with van der Waals surface area (Å²) in [6.45, 7) is 8.17. The highest BCUT2D eigenvalue weighted by Gasteiger charge is 2.24. The minimum atomic E-state index is -0.0520. The minimum Gasteiger partial charge on any atom is -0.377 e. The zero-order chi connectivity index (χ0) is 22.8. The summed E-state index contributed by atoms with van der Waals surface area (Å²) in [4.78, 5) is 18.3. The third-order valence-corrected chi connectivity index (χ3v) is 6.64. The normalized spacial score (nSPS) is 20.9. The largest absolute Gasteiger partial charge is 0.377 e. The maximum atomic E-state index is 13.0. The van der Waals surface area contributed by atoms with Gasteiger partial charge in [-0.2, -0.15) is 0 Å². The number of nitrogens with one attached hydrogen (secondary N) is 1.